The van der Waals surface area contributed by atoms with Crippen molar-refractivity contribution in [3.05, 3.63) is 30.3 Å². The van der Waals surface area contributed by atoms with E-state index in [1.165, 1.54) is 12.8 Å². The Morgan fingerprint density at radius 3 is 2.83 bits per heavy atom. The van der Waals surface area contributed by atoms with Crippen LogP contribution in [0.3, 0.4) is 0 Å². The summed E-state index contributed by atoms with van der Waals surface area (Å²) in [6.45, 7) is 4.18. The lowest BCUT2D eigenvalue weighted by Gasteiger charge is -2.28. The lowest BCUT2D eigenvalue weighted by atomic mass is 10.2. The summed E-state index contributed by atoms with van der Waals surface area (Å²) in [5.74, 6) is 0.945. The molecule has 0 bridgehead atoms. The monoisotopic (exact) mass is 248 g/mol. The summed E-state index contributed by atoms with van der Waals surface area (Å²) in [4.78, 5) is 2.42. The smallest absolute Gasteiger partial charge is 0.119 e. The summed E-state index contributed by atoms with van der Waals surface area (Å²) in [5.41, 5.74) is 6.22. The van der Waals surface area contributed by atoms with Crippen molar-refractivity contribution in [3.8, 4) is 5.75 Å². The van der Waals surface area contributed by atoms with Gasteiger partial charge in [0.15, 0.2) is 0 Å². The molecule has 100 valence electrons. The Balaban J connectivity index is 1.63. The van der Waals surface area contributed by atoms with Gasteiger partial charge in [0.1, 0.15) is 5.75 Å². The largest absolute Gasteiger partial charge is 0.494 e. The molecule has 1 fully saturated rings. The molecule has 1 aliphatic rings. The van der Waals surface area contributed by atoms with Crippen LogP contribution in [0.5, 0.6) is 5.75 Å². The number of rotatable bonds is 6. The third-order valence-electron chi connectivity index (χ3n) is 3.69. The molecule has 0 spiro atoms. The second kappa shape index (κ2) is 6.76. The number of benzene rings is 1. The van der Waals surface area contributed by atoms with Crippen molar-refractivity contribution in [2.45, 2.75) is 44.8 Å². The predicted molar refractivity (Wildman–Crippen MR) is 74.5 cm³/mol. The number of para-hydroxylation sites is 1. The van der Waals surface area contributed by atoms with Crippen molar-refractivity contribution in [3.63, 3.8) is 0 Å². The van der Waals surface area contributed by atoms with Crippen LogP contribution in [0.4, 0.5) is 0 Å². The number of hydrogen-bond acceptors (Lipinski definition) is 3. The standard InChI is InChI=1S/C15H24N2O/c1-13-7-5-11-17(13)15(16)10-6-12-18-14-8-3-2-4-9-14/h2-4,8-9,13,15H,5-7,10-12,16H2,1H3. The Bertz CT molecular complexity index is 342. The van der Waals surface area contributed by atoms with Crippen LogP contribution in [-0.2, 0) is 0 Å². The van der Waals surface area contributed by atoms with Crippen molar-refractivity contribution < 1.29 is 4.74 Å². The molecule has 1 aromatic carbocycles. The fraction of sp³-hybridized carbons (Fsp3) is 0.600. The highest BCUT2D eigenvalue weighted by atomic mass is 16.5. The van der Waals surface area contributed by atoms with Gasteiger partial charge in [-0.3, -0.25) is 4.90 Å². The van der Waals surface area contributed by atoms with E-state index in [-0.39, 0.29) is 6.17 Å². The van der Waals surface area contributed by atoms with Crippen molar-refractivity contribution in [2.75, 3.05) is 13.2 Å². The number of nitrogens with zero attached hydrogens (tertiary/aromatic N) is 1. The Morgan fingerprint density at radius 2 is 2.17 bits per heavy atom. The van der Waals surface area contributed by atoms with Gasteiger partial charge in [-0.05, 0) is 51.3 Å². The van der Waals surface area contributed by atoms with Gasteiger partial charge in [-0.2, -0.15) is 0 Å². The highest BCUT2D eigenvalue weighted by Gasteiger charge is 2.24. The van der Waals surface area contributed by atoms with E-state index in [2.05, 4.69) is 11.8 Å². The summed E-state index contributed by atoms with van der Waals surface area (Å²) < 4.78 is 5.67. The van der Waals surface area contributed by atoms with Gasteiger partial charge >= 0.3 is 0 Å². The van der Waals surface area contributed by atoms with Gasteiger partial charge in [-0.1, -0.05) is 18.2 Å². The lowest BCUT2D eigenvalue weighted by Crippen LogP contribution is -2.43. The van der Waals surface area contributed by atoms with E-state index in [0.29, 0.717) is 6.04 Å². The van der Waals surface area contributed by atoms with Crippen molar-refractivity contribution in [2.24, 2.45) is 5.73 Å². The third kappa shape index (κ3) is 3.72. The number of nitrogens with two attached hydrogens (primary N) is 1. The van der Waals surface area contributed by atoms with Crippen LogP contribution in [0.1, 0.15) is 32.6 Å². The van der Waals surface area contributed by atoms with Gasteiger partial charge in [0.05, 0.1) is 12.8 Å². The molecule has 0 amide bonds. The molecule has 1 aromatic rings. The van der Waals surface area contributed by atoms with Crippen molar-refractivity contribution in [1.82, 2.24) is 4.90 Å². The van der Waals surface area contributed by atoms with Gasteiger partial charge in [0.25, 0.3) is 0 Å². The minimum Gasteiger partial charge on any atom is -0.494 e. The van der Waals surface area contributed by atoms with E-state index in [0.717, 1.165) is 31.7 Å². The second-order valence-electron chi connectivity index (χ2n) is 5.10. The van der Waals surface area contributed by atoms with Crippen LogP contribution < -0.4 is 10.5 Å². The van der Waals surface area contributed by atoms with Crippen LogP contribution in [-0.4, -0.2) is 30.3 Å². The summed E-state index contributed by atoms with van der Waals surface area (Å²) in [5, 5.41) is 0. The van der Waals surface area contributed by atoms with Crippen molar-refractivity contribution >= 4 is 0 Å². The molecule has 2 atom stereocenters. The third-order valence-corrected chi connectivity index (χ3v) is 3.69. The Labute approximate surface area is 110 Å². The van der Waals surface area contributed by atoms with E-state index in [1.807, 2.05) is 30.3 Å². The Morgan fingerprint density at radius 1 is 1.39 bits per heavy atom. The number of likely N-dealkylation sites (tertiary alicyclic amines) is 1. The van der Waals surface area contributed by atoms with E-state index in [1.54, 1.807) is 0 Å². The Kier molecular flexibility index (Phi) is 5.02. The molecule has 0 saturated carbocycles. The van der Waals surface area contributed by atoms with Crippen LogP contribution >= 0.6 is 0 Å². The average molecular weight is 248 g/mol. The van der Waals surface area contributed by atoms with E-state index >= 15 is 0 Å². The lowest BCUT2D eigenvalue weighted by molar-refractivity contribution is 0.173. The van der Waals surface area contributed by atoms with Crippen LogP contribution in [0.2, 0.25) is 0 Å². The highest BCUT2D eigenvalue weighted by molar-refractivity contribution is 5.20. The molecule has 0 radical (unpaired) electrons. The number of ether oxygens (including phenoxy) is 1. The fourth-order valence-corrected chi connectivity index (χ4v) is 2.61. The zero-order valence-electron chi connectivity index (χ0n) is 11.2. The quantitative estimate of drug-likeness (QED) is 0.786. The molecule has 1 aliphatic heterocycles. The van der Waals surface area contributed by atoms with Crippen LogP contribution in [0.25, 0.3) is 0 Å². The maximum atomic E-state index is 6.22. The predicted octanol–water partition coefficient (Wildman–Crippen LogP) is 2.61. The molecule has 2 unspecified atom stereocenters. The van der Waals surface area contributed by atoms with Gasteiger partial charge in [-0.25, -0.2) is 0 Å². The van der Waals surface area contributed by atoms with Crippen LogP contribution in [0.15, 0.2) is 30.3 Å². The molecule has 0 aliphatic carbocycles. The maximum absolute atomic E-state index is 6.22. The zero-order valence-corrected chi connectivity index (χ0v) is 11.2. The van der Waals surface area contributed by atoms with Gasteiger partial charge in [0.2, 0.25) is 0 Å². The first kappa shape index (κ1) is 13.4. The molecule has 3 heteroatoms. The van der Waals surface area contributed by atoms with Crippen molar-refractivity contribution in [1.29, 1.82) is 0 Å². The topological polar surface area (TPSA) is 38.5 Å². The first-order chi connectivity index (χ1) is 8.77. The number of hydrogen-bond donors (Lipinski definition) is 1. The molecule has 0 aromatic heterocycles. The normalized spacial score (nSPS) is 22.0. The minimum absolute atomic E-state index is 0.196. The minimum atomic E-state index is 0.196. The van der Waals surface area contributed by atoms with E-state index in [9.17, 15) is 0 Å². The molecule has 1 heterocycles. The SMILES string of the molecule is CC1CCCN1C(N)CCCOc1ccccc1. The molecule has 2 rings (SSSR count). The molecule has 2 N–H and O–H groups in total. The molecular weight excluding hydrogens is 224 g/mol. The second-order valence-corrected chi connectivity index (χ2v) is 5.10. The van der Waals surface area contributed by atoms with Gasteiger partial charge < -0.3 is 10.5 Å². The molecular formula is C15H24N2O. The first-order valence-corrected chi connectivity index (χ1v) is 6.96. The molecule has 18 heavy (non-hydrogen) atoms. The zero-order chi connectivity index (χ0) is 12.8. The van der Waals surface area contributed by atoms with E-state index < -0.39 is 0 Å². The van der Waals surface area contributed by atoms with Crippen LogP contribution in [0, 0.1) is 0 Å². The van der Waals surface area contributed by atoms with Gasteiger partial charge in [0, 0.05) is 6.04 Å². The average Bonchev–Trinajstić information content (AvgIpc) is 2.82. The summed E-state index contributed by atoms with van der Waals surface area (Å²) in [6, 6.07) is 10.6. The Hall–Kier alpha value is -1.06. The summed E-state index contributed by atoms with van der Waals surface area (Å²) in [6.07, 6.45) is 4.79. The fourth-order valence-electron chi connectivity index (χ4n) is 2.61. The van der Waals surface area contributed by atoms with Gasteiger partial charge in [-0.15, -0.1) is 0 Å². The maximum Gasteiger partial charge on any atom is 0.119 e. The van der Waals surface area contributed by atoms with E-state index in [4.69, 9.17) is 10.5 Å². The molecule has 1 saturated heterocycles. The summed E-state index contributed by atoms with van der Waals surface area (Å²) >= 11 is 0. The first-order valence-electron chi connectivity index (χ1n) is 6.96. The summed E-state index contributed by atoms with van der Waals surface area (Å²) in [7, 11) is 0. The highest BCUT2D eigenvalue weighted by Crippen LogP contribution is 2.19. The molecule has 3 nitrogen and oxygen atoms in total.